The SMILES string of the molecule is CNCCCCCCCCCOS(C)(=O)=O. The van der Waals surface area contributed by atoms with E-state index in [9.17, 15) is 8.42 Å². The highest BCUT2D eigenvalue weighted by molar-refractivity contribution is 7.85. The fraction of sp³-hybridized carbons (Fsp3) is 1.00. The smallest absolute Gasteiger partial charge is 0.264 e. The van der Waals surface area contributed by atoms with Crippen LogP contribution in [0.3, 0.4) is 0 Å². The van der Waals surface area contributed by atoms with Crippen LogP contribution in [0, 0.1) is 0 Å². The van der Waals surface area contributed by atoms with Gasteiger partial charge in [-0.15, -0.1) is 0 Å². The molecule has 98 valence electrons. The summed E-state index contributed by atoms with van der Waals surface area (Å²) in [6, 6.07) is 0. The van der Waals surface area contributed by atoms with Crippen LogP contribution in [0.25, 0.3) is 0 Å². The summed E-state index contributed by atoms with van der Waals surface area (Å²) in [5, 5.41) is 3.13. The summed E-state index contributed by atoms with van der Waals surface area (Å²) in [6.45, 7) is 1.43. The van der Waals surface area contributed by atoms with Gasteiger partial charge in [-0.25, -0.2) is 0 Å². The van der Waals surface area contributed by atoms with Gasteiger partial charge >= 0.3 is 0 Å². The van der Waals surface area contributed by atoms with E-state index in [0.29, 0.717) is 6.61 Å². The second-order valence-corrected chi connectivity index (χ2v) is 5.75. The molecule has 0 aromatic rings. The number of hydrogen-bond donors (Lipinski definition) is 1. The maximum Gasteiger partial charge on any atom is 0.264 e. The minimum Gasteiger partial charge on any atom is -0.320 e. The summed E-state index contributed by atoms with van der Waals surface area (Å²) in [6.07, 6.45) is 9.19. The Balaban J connectivity index is 3.05. The lowest BCUT2D eigenvalue weighted by atomic mass is 10.1. The molecule has 0 amide bonds. The molecule has 0 heterocycles. The van der Waals surface area contributed by atoms with Crippen molar-refractivity contribution in [3.8, 4) is 0 Å². The molecular formula is C11H25NO3S. The molecule has 0 saturated heterocycles. The Bertz CT molecular complexity index is 240. The summed E-state index contributed by atoms with van der Waals surface area (Å²) >= 11 is 0. The highest BCUT2D eigenvalue weighted by Gasteiger charge is 2.00. The normalized spacial score (nSPS) is 11.9. The highest BCUT2D eigenvalue weighted by Crippen LogP contribution is 2.07. The third-order valence-electron chi connectivity index (χ3n) is 2.37. The van der Waals surface area contributed by atoms with Crippen LogP contribution in [0.15, 0.2) is 0 Å². The fourth-order valence-corrected chi connectivity index (χ4v) is 1.92. The first-order valence-corrected chi connectivity index (χ1v) is 7.87. The van der Waals surface area contributed by atoms with Crippen molar-refractivity contribution in [2.24, 2.45) is 0 Å². The van der Waals surface area contributed by atoms with Crippen molar-refractivity contribution in [1.29, 1.82) is 0 Å². The zero-order valence-corrected chi connectivity index (χ0v) is 11.3. The van der Waals surface area contributed by atoms with Crippen LogP contribution < -0.4 is 5.32 Å². The molecule has 16 heavy (non-hydrogen) atoms. The van der Waals surface area contributed by atoms with Gasteiger partial charge in [0.05, 0.1) is 12.9 Å². The first-order valence-electron chi connectivity index (χ1n) is 6.05. The number of nitrogens with one attached hydrogen (secondary N) is 1. The van der Waals surface area contributed by atoms with Crippen molar-refractivity contribution in [3.05, 3.63) is 0 Å². The van der Waals surface area contributed by atoms with E-state index in [-0.39, 0.29) is 0 Å². The number of unbranched alkanes of at least 4 members (excludes halogenated alkanes) is 6. The second-order valence-electron chi connectivity index (χ2n) is 4.10. The van der Waals surface area contributed by atoms with E-state index in [1.54, 1.807) is 0 Å². The summed E-state index contributed by atoms with van der Waals surface area (Å²) < 4.78 is 25.9. The molecule has 0 radical (unpaired) electrons. The van der Waals surface area contributed by atoms with Crippen LogP contribution >= 0.6 is 0 Å². The van der Waals surface area contributed by atoms with Crippen LogP contribution in [0.5, 0.6) is 0 Å². The van der Waals surface area contributed by atoms with Gasteiger partial charge in [-0.1, -0.05) is 32.1 Å². The van der Waals surface area contributed by atoms with Crippen LogP contribution in [-0.4, -0.2) is 34.9 Å². The summed E-state index contributed by atoms with van der Waals surface area (Å²) in [5.74, 6) is 0. The van der Waals surface area contributed by atoms with Gasteiger partial charge in [-0.05, 0) is 26.4 Å². The number of hydrogen-bond acceptors (Lipinski definition) is 4. The Kier molecular flexibility index (Phi) is 9.97. The highest BCUT2D eigenvalue weighted by atomic mass is 32.2. The van der Waals surface area contributed by atoms with Gasteiger partial charge in [0.2, 0.25) is 0 Å². The molecule has 0 rings (SSSR count). The van der Waals surface area contributed by atoms with E-state index < -0.39 is 10.1 Å². The molecule has 0 atom stereocenters. The lowest BCUT2D eigenvalue weighted by Gasteiger charge is -2.02. The minimum atomic E-state index is -3.24. The molecule has 0 aliphatic rings. The monoisotopic (exact) mass is 251 g/mol. The zero-order chi connectivity index (χ0) is 12.3. The van der Waals surface area contributed by atoms with E-state index in [4.69, 9.17) is 0 Å². The molecule has 0 saturated carbocycles. The van der Waals surface area contributed by atoms with E-state index >= 15 is 0 Å². The molecule has 0 fully saturated rings. The Morgan fingerprint density at radius 2 is 1.44 bits per heavy atom. The molecule has 0 aliphatic heterocycles. The molecule has 5 heteroatoms. The van der Waals surface area contributed by atoms with Crippen molar-refractivity contribution in [2.45, 2.75) is 44.9 Å². The van der Waals surface area contributed by atoms with Crippen molar-refractivity contribution in [1.82, 2.24) is 5.32 Å². The number of rotatable bonds is 11. The van der Waals surface area contributed by atoms with Gasteiger partial charge in [0.15, 0.2) is 0 Å². The molecule has 0 spiro atoms. The topological polar surface area (TPSA) is 55.4 Å². The van der Waals surface area contributed by atoms with E-state index in [1.165, 1.54) is 32.1 Å². The summed E-state index contributed by atoms with van der Waals surface area (Å²) in [5.41, 5.74) is 0. The second kappa shape index (κ2) is 10.1. The van der Waals surface area contributed by atoms with Crippen LogP contribution in [0.2, 0.25) is 0 Å². The molecule has 1 N–H and O–H groups in total. The lowest BCUT2D eigenvalue weighted by molar-refractivity contribution is 0.309. The van der Waals surface area contributed by atoms with E-state index in [0.717, 1.165) is 25.6 Å². The molecule has 4 nitrogen and oxygen atoms in total. The predicted octanol–water partition coefficient (Wildman–Crippen LogP) is 1.91. The molecule has 0 aromatic carbocycles. The first kappa shape index (κ1) is 15.9. The lowest BCUT2D eigenvalue weighted by Crippen LogP contribution is -2.06. The molecule has 0 aliphatic carbocycles. The fourth-order valence-electron chi connectivity index (χ4n) is 1.50. The molecule has 0 unspecified atom stereocenters. The van der Waals surface area contributed by atoms with Gasteiger partial charge in [-0.3, -0.25) is 4.18 Å². The molecular weight excluding hydrogens is 226 g/mol. The minimum absolute atomic E-state index is 0.332. The zero-order valence-electron chi connectivity index (χ0n) is 10.5. The molecule has 0 aromatic heterocycles. The van der Waals surface area contributed by atoms with Gasteiger partial charge in [-0.2, -0.15) is 8.42 Å². The average molecular weight is 251 g/mol. The average Bonchev–Trinajstić information content (AvgIpc) is 2.19. The van der Waals surface area contributed by atoms with E-state index in [2.05, 4.69) is 9.50 Å². The van der Waals surface area contributed by atoms with Gasteiger partial charge in [0, 0.05) is 0 Å². The maximum atomic E-state index is 10.6. The van der Waals surface area contributed by atoms with Crippen molar-refractivity contribution in [3.63, 3.8) is 0 Å². The van der Waals surface area contributed by atoms with Crippen LogP contribution in [0.4, 0.5) is 0 Å². The predicted molar refractivity (Wildman–Crippen MR) is 67.0 cm³/mol. The van der Waals surface area contributed by atoms with Crippen molar-refractivity contribution in [2.75, 3.05) is 26.5 Å². The third kappa shape index (κ3) is 13.9. The van der Waals surface area contributed by atoms with E-state index in [1.807, 2.05) is 7.05 Å². The third-order valence-corrected chi connectivity index (χ3v) is 2.96. The van der Waals surface area contributed by atoms with Gasteiger partial charge < -0.3 is 5.32 Å². The standard InChI is InChI=1S/C11H25NO3S/c1-12-10-8-6-4-3-5-7-9-11-15-16(2,13)14/h12H,3-11H2,1-2H3. The Labute approximate surface area is 99.9 Å². The van der Waals surface area contributed by atoms with Crippen LogP contribution in [-0.2, 0) is 14.3 Å². The first-order chi connectivity index (χ1) is 7.56. The Morgan fingerprint density at radius 3 is 1.94 bits per heavy atom. The molecule has 0 bridgehead atoms. The van der Waals surface area contributed by atoms with Crippen molar-refractivity contribution >= 4 is 10.1 Å². The van der Waals surface area contributed by atoms with Crippen LogP contribution in [0.1, 0.15) is 44.9 Å². The van der Waals surface area contributed by atoms with Gasteiger partial charge in [0.1, 0.15) is 0 Å². The van der Waals surface area contributed by atoms with Crippen molar-refractivity contribution < 1.29 is 12.6 Å². The maximum absolute atomic E-state index is 10.6. The van der Waals surface area contributed by atoms with Gasteiger partial charge in [0.25, 0.3) is 10.1 Å². The summed E-state index contributed by atoms with van der Waals surface area (Å²) in [4.78, 5) is 0. The Morgan fingerprint density at radius 1 is 0.938 bits per heavy atom. The largest absolute Gasteiger partial charge is 0.320 e. The quantitative estimate of drug-likeness (QED) is 0.450. The Hall–Kier alpha value is -0.130. The summed E-state index contributed by atoms with van der Waals surface area (Å²) in [7, 11) is -1.26.